The van der Waals surface area contributed by atoms with Crippen LogP contribution in [0.15, 0.2) is 18.2 Å². The molecule has 2 rings (SSSR count). The average molecular weight is 258 g/mol. The van der Waals surface area contributed by atoms with Gasteiger partial charge in [0, 0.05) is 25.3 Å². The Hall–Kier alpha value is -1.23. The highest BCUT2D eigenvalue weighted by atomic mass is 19.4. The number of hydrogen-bond acceptors (Lipinski definition) is 2. The molecule has 1 aromatic carbocycles. The normalized spacial score (nSPS) is 17.7. The predicted molar refractivity (Wildman–Crippen MR) is 65.6 cm³/mol. The van der Waals surface area contributed by atoms with Crippen molar-refractivity contribution < 1.29 is 13.2 Å². The number of anilines is 1. The molecule has 2 N–H and O–H groups in total. The zero-order valence-corrected chi connectivity index (χ0v) is 10.5. The minimum atomic E-state index is -4.31. The third-order valence-corrected chi connectivity index (χ3v) is 3.35. The van der Waals surface area contributed by atoms with Gasteiger partial charge in [-0.15, -0.1) is 0 Å². The van der Waals surface area contributed by atoms with Gasteiger partial charge in [-0.3, -0.25) is 0 Å². The molecule has 0 heterocycles. The highest BCUT2D eigenvalue weighted by Crippen LogP contribution is 2.40. The molecule has 0 radical (unpaired) electrons. The summed E-state index contributed by atoms with van der Waals surface area (Å²) in [6.07, 6.45) is -2.41. The first-order valence-electron chi connectivity index (χ1n) is 5.88. The fourth-order valence-corrected chi connectivity index (χ4v) is 2.00. The van der Waals surface area contributed by atoms with Crippen molar-refractivity contribution in [3.8, 4) is 0 Å². The summed E-state index contributed by atoms with van der Waals surface area (Å²) in [6, 6.07) is 4.23. The molecule has 0 spiro atoms. The van der Waals surface area contributed by atoms with Crippen LogP contribution in [0.5, 0.6) is 0 Å². The van der Waals surface area contributed by atoms with E-state index < -0.39 is 17.3 Å². The Labute approximate surface area is 105 Å². The summed E-state index contributed by atoms with van der Waals surface area (Å²) in [5, 5.41) is 0. The lowest BCUT2D eigenvalue weighted by molar-refractivity contribution is -0.138. The van der Waals surface area contributed by atoms with Gasteiger partial charge in [0.15, 0.2) is 0 Å². The maximum absolute atomic E-state index is 12.9. The zero-order valence-electron chi connectivity index (χ0n) is 10.5. The van der Waals surface area contributed by atoms with Crippen LogP contribution in [0.2, 0.25) is 0 Å². The molecule has 0 saturated heterocycles. The van der Waals surface area contributed by atoms with E-state index in [2.05, 4.69) is 0 Å². The van der Waals surface area contributed by atoms with Gasteiger partial charge >= 0.3 is 6.18 Å². The lowest BCUT2D eigenvalue weighted by Gasteiger charge is -2.20. The van der Waals surface area contributed by atoms with Crippen LogP contribution >= 0.6 is 0 Å². The Bertz CT molecular complexity index is 448. The van der Waals surface area contributed by atoms with Crippen molar-refractivity contribution in [2.45, 2.75) is 31.0 Å². The predicted octanol–water partition coefficient (Wildman–Crippen LogP) is 2.81. The molecule has 5 heteroatoms. The number of hydrogen-bond donors (Lipinski definition) is 1. The second-order valence-electron chi connectivity index (χ2n) is 5.27. The van der Waals surface area contributed by atoms with Gasteiger partial charge in [-0.2, -0.15) is 13.2 Å². The Kier molecular flexibility index (Phi) is 3.05. The molecule has 0 aromatic heterocycles. The van der Waals surface area contributed by atoms with Crippen molar-refractivity contribution in [1.29, 1.82) is 0 Å². The third kappa shape index (κ3) is 2.77. The second-order valence-corrected chi connectivity index (χ2v) is 5.27. The summed E-state index contributed by atoms with van der Waals surface area (Å²) in [5.41, 5.74) is 6.01. The fourth-order valence-electron chi connectivity index (χ4n) is 2.00. The number of halogens is 3. The van der Waals surface area contributed by atoms with Gasteiger partial charge in [0.1, 0.15) is 0 Å². The van der Waals surface area contributed by atoms with E-state index in [1.165, 1.54) is 6.07 Å². The molecule has 0 bridgehead atoms. The fraction of sp³-hybridized carbons (Fsp3) is 0.538. The number of nitrogens with zero attached hydrogens (tertiary/aromatic N) is 1. The topological polar surface area (TPSA) is 29.3 Å². The summed E-state index contributed by atoms with van der Waals surface area (Å²) < 4.78 is 38.8. The van der Waals surface area contributed by atoms with E-state index in [0.29, 0.717) is 12.0 Å². The maximum atomic E-state index is 12.9. The summed E-state index contributed by atoms with van der Waals surface area (Å²) in [5.74, 6) is 0. The van der Waals surface area contributed by atoms with Crippen LogP contribution < -0.4 is 10.6 Å². The Morgan fingerprint density at radius 3 is 2.33 bits per heavy atom. The molecule has 0 unspecified atom stereocenters. The van der Waals surface area contributed by atoms with Crippen molar-refractivity contribution in [1.82, 2.24) is 0 Å². The molecular formula is C13H17F3N2. The number of rotatable bonds is 3. The van der Waals surface area contributed by atoms with E-state index in [9.17, 15) is 13.2 Å². The van der Waals surface area contributed by atoms with Gasteiger partial charge in [-0.1, -0.05) is 0 Å². The van der Waals surface area contributed by atoms with Gasteiger partial charge in [0.05, 0.1) is 5.56 Å². The van der Waals surface area contributed by atoms with Crippen LogP contribution in [-0.4, -0.2) is 19.6 Å². The Balaban J connectivity index is 2.39. The lowest BCUT2D eigenvalue weighted by Crippen LogP contribution is -2.26. The van der Waals surface area contributed by atoms with Gasteiger partial charge in [0.25, 0.3) is 0 Å². The molecule has 2 nitrogen and oxygen atoms in total. The van der Waals surface area contributed by atoms with Crippen molar-refractivity contribution >= 4 is 5.69 Å². The summed E-state index contributed by atoms with van der Waals surface area (Å²) in [6.45, 7) is 0. The monoisotopic (exact) mass is 258 g/mol. The van der Waals surface area contributed by atoms with E-state index in [1.54, 1.807) is 11.0 Å². The van der Waals surface area contributed by atoms with Crippen molar-refractivity contribution in [3.63, 3.8) is 0 Å². The van der Waals surface area contributed by atoms with Crippen molar-refractivity contribution in [2.75, 3.05) is 19.0 Å². The summed E-state index contributed by atoms with van der Waals surface area (Å²) in [7, 11) is 3.61. The van der Waals surface area contributed by atoms with E-state index in [4.69, 9.17) is 5.73 Å². The third-order valence-electron chi connectivity index (χ3n) is 3.35. The van der Waals surface area contributed by atoms with Gasteiger partial charge in [0.2, 0.25) is 0 Å². The first-order chi connectivity index (χ1) is 8.21. The lowest BCUT2D eigenvalue weighted by atomic mass is 9.98. The van der Waals surface area contributed by atoms with E-state index in [1.807, 2.05) is 14.1 Å². The largest absolute Gasteiger partial charge is 0.416 e. The van der Waals surface area contributed by atoms with E-state index in [0.717, 1.165) is 24.6 Å². The first-order valence-corrected chi connectivity index (χ1v) is 5.88. The quantitative estimate of drug-likeness (QED) is 0.903. The first kappa shape index (κ1) is 13.2. The molecule has 1 aliphatic rings. The molecule has 18 heavy (non-hydrogen) atoms. The van der Waals surface area contributed by atoms with Crippen LogP contribution in [0.4, 0.5) is 18.9 Å². The van der Waals surface area contributed by atoms with Crippen molar-refractivity contribution in [3.05, 3.63) is 29.3 Å². The summed E-state index contributed by atoms with van der Waals surface area (Å²) in [4.78, 5) is 1.79. The average Bonchev–Trinajstić information content (AvgIpc) is 2.94. The van der Waals surface area contributed by atoms with Gasteiger partial charge in [-0.25, -0.2) is 0 Å². The molecule has 0 amide bonds. The molecule has 1 fully saturated rings. The van der Waals surface area contributed by atoms with Crippen LogP contribution in [0.1, 0.15) is 24.0 Å². The standard InChI is InChI=1S/C13H17F3N2/c1-18(2)10-3-4-11(13(14,15)16)9(7-10)8-12(17)5-6-12/h3-4,7H,5-6,8,17H2,1-2H3. The summed E-state index contributed by atoms with van der Waals surface area (Å²) >= 11 is 0. The van der Waals surface area contributed by atoms with Crippen LogP contribution in [-0.2, 0) is 12.6 Å². The van der Waals surface area contributed by atoms with Crippen LogP contribution in [0.25, 0.3) is 0 Å². The van der Waals surface area contributed by atoms with Gasteiger partial charge < -0.3 is 10.6 Å². The molecular weight excluding hydrogens is 241 g/mol. The molecule has 0 atom stereocenters. The Morgan fingerprint density at radius 1 is 1.28 bits per heavy atom. The SMILES string of the molecule is CN(C)c1ccc(C(F)(F)F)c(CC2(N)CC2)c1. The highest BCUT2D eigenvalue weighted by Gasteiger charge is 2.41. The van der Waals surface area contributed by atoms with Crippen molar-refractivity contribution in [2.24, 2.45) is 5.73 Å². The van der Waals surface area contributed by atoms with E-state index >= 15 is 0 Å². The minimum Gasteiger partial charge on any atom is -0.378 e. The van der Waals surface area contributed by atoms with E-state index in [-0.39, 0.29) is 0 Å². The van der Waals surface area contributed by atoms with Crippen LogP contribution in [0, 0.1) is 0 Å². The van der Waals surface area contributed by atoms with Crippen LogP contribution in [0.3, 0.4) is 0 Å². The minimum absolute atomic E-state index is 0.295. The maximum Gasteiger partial charge on any atom is 0.416 e. The number of benzene rings is 1. The second kappa shape index (κ2) is 4.16. The number of alkyl halides is 3. The molecule has 0 aliphatic heterocycles. The zero-order chi connectivity index (χ0) is 13.6. The Morgan fingerprint density at radius 2 is 1.89 bits per heavy atom. The molecule has 1 aliphatic carbocycles. The molecule has 1 saturated carbocycles. The number of nitrogens with two attached hydrogens (primary N) is 1. The molecule has 100 valence electrons. The van der Waals surface area contributed by atoms with Gasteiger partial charge in [-0.05, 0) is 43.0 Å². The smallest absolute Gasteiger partial charge is 0.378 e. The highest BCUT2D eigenvalue weighted by molar-refractivity contribution is 5.51. The molecule has 1 aromatic rings.